The molecule has 26 nitrogen and oxygen atoms in total. The minimum absolute atomic E-state index is 0.0722. The van der Waals surface area contributed by atoms with Crippen LogP contribution in [0.3, 0.4) is 0 Å². The molecule has 35 heteroatoms. The van der Waals surface area contributed by atoms with Crippen LogP contribution in [0.1, 0.15) is 118 Å². The lowest BCUT2D eigenvalue weighted by molar-refractivity contribution is 0.100. The molecule has 0 saturated carbocycles. The Hall–Kier alpha value is -13.5. The van der Waals surface area contributed by atoms with E-state index in [1.165, 1.54) is 79.4 Å². The second kappa shape index (κ2) is 41.4. The summed E-state index contributed by atoms with van der Waals surface area (Å²) in [5.41, 5.74) is 6.55. The first-order valence-corrected chi connectivity index (χ1v) is 40.4. The number of halogens is 9. The highest BCUT2D eigenvalue weighted by atomic mass is 35.5. The number of hydrogen-bond donors (Lipinski definition) is 11. The van der Waals surface area contributed by atoms with Crippen molar-refractivity contribution < 1.29 is 42.7 Å². The fraction of sp³-hybridized carbons (Fsp3) is 0.0899. The average Bonchev–Trinajstić information content (AvgIpc) is 1.76. The van der Waals surface area contributed by atoms with Gasteiger partial charge in [-0.3, -0.25) is 54.6 Å². The van der Waals surface area contributed by atoms with E-state index in [2.05, 4.69) is 69.0 Å². The van der Waals surface area contributed by atoms with Gasteiger partial charge in [0.25, 0.3) is 47.3 Å². The lowest BCUT2D eigenvalue weighted by Crippen LogP contribution is -2.42. The Morgan fingerprint density at radius 2 is 0.532 bits per heavy atom. The lowest BCUT2D eigenvalue weighted by atomic mass is 10.1. The van der Waals surface area contributed by atoms with Crippen molar-refractivity contribution in [3.05, 3.63) is 356 Å². The summed E-state index contributed by atoms with van der Waals surface area (Å²) in [5.74, 6) is -2.28. The fourth-order valence-electron chi connectivity index (χ4n) is 11.5. The number of amidine groups is 3. The molecule has 15 rings (SSSR count). The molecule has 11 N–H and O–H groups in total. The summed E-state index contributed by atoms with van der Waals surface area (Å²) < 4.78 is 14.6. The standard InChI is InChI=1S/C23H19Cl2N5O2.C22H16Cl2FN5O2.C22H17Cl2N5O2.C22H17Cl2N3O2/c24-16-6-8-19(18(12-16)23(32)29-20-9-7-17(25)13-27-20)28-22(31)15-4-2-14(3-5-15)21(26)30-10-1-11-30;23-13-2-5-18(16(10-13)22(32)29-19-6-3-14(24)11-27-19)28-21(31)15-4-1-12(9-17(15)25)20(26)30-7-8-30;23-15-5-7-18(17(11-15)22(31)28-19-8-6-16(24)12-26-19)27-21(30)14-3-1-13(2-4-14)20(25)29-9-10-29;1-13(2)14-3-5-15(6-4-14)21(28)26-19-9-7-16(23)11-18(19)22(29)27-20-10-8-17(24)12-25-20/h2-9,12-13,26H,1,10-11H2,(H,28,31)(H,27,29,32);1-6,9-11,26H,7-8H2,(H,28,31)(H,27,29,32);1-8,11-12,25H,9-10H2,(H,27,30)(H,26,28,31);3-12H,1H2,2H3,(H,26,28)(H,25,27,29). The number of aromatic nitrogens is 4. The highest BCUT2D eigenvalue weighted by molar-refractivity contribution is 6.34. The van der Waals surface area contributed by atoms with Crippen molar-refractivity contribution in [3.63, 3.8) is 0 Å². The minimum Gasteiger partial charge on any atom is -0.356 e. The van der Waals surface area contributed by atoms with Gasteiger partial charge in [0.15, 0.2) is 0 Å². The maximum atomic E-state index is 14.6. The molecule has 124 heavy (non-hydrogen) atoms. The molecule has 3 fully saturated rings. The number of pyridine rings is 4. The van der Waals surface area contributed by atoms with E-state index < -0.39 is 35.4 Å². The Labute approximate surface area is 749 Å². The van der Waals surface area contributed by atoms with Crippen LogP contribution in [0.2, 0.25) is 40.2 Å². The third-order valence-corrected chi connectivity index (χ3v) is 20.3. The van der Waals surface area contributed by atoms with Gasteiger partial charge in [0.2, 0.25) is 0 Å². The third-order valence-electron chi connectivity index (χ3n) is 18.4. The summed E-state index contributed by atoms with van der Waals surface area (Å²) in [6.07, 6.45) is 6.73. The molecule has 4 aromatic heterocycles. The SMILES string of the molecule is C=C(C)c1ccc(C(=O)Nc2ccc(Cl)cc2C(=O)Nc2ccc(Cl)cn2)cc1.N=C(c1ccc(C(=O)Nc2ccc(Cl)cc2C(=O)Nc2ccc(Cl)cn2)c(F)c1)N1CC1.N=C(c1ccc(C(=O)Nc2ccc(Cl)cc2C(=O)Nc2ccc(Cl)cn2)cc1)N1CC1.N=C(c1ccc(C(=O)Nc2ccc(Cl)cc2C(=O)Nc2ccc(Cl)cn2)cc1)N1CCC1. The van der Waals surface area contributed by atoms with Gasteiger partial charge < -0.3 is 57.2 Å². The predicted molar refractivity (Wildman–Crippen MR) is 487 cm³/mol. The first kappa shape index (κ1) is 89.8. The summed E-state index contributed by atoms with van der Waals surface area (Å²) in [6.45, 7) is 10.8. The molecule has 12 aromatic rings. The van der Waals surface area contributed by atoms with Crippen molar-refractivity contribution in [2.24, 2.45) is 0 Å². The third kappa shape index (κ3) is 24.7. The number of nitrogens with zero attached hydrogens (tertiary/aromatic N) is 7. The molecule has 7 heterocycles. The number of carbonyl (C=O) groups is 8. The first-order valence-electron chi connectivity index (χ1n) is 37.4. The smallest absolute Gasteiger partial charge is 0.258 e. The Balaban J connectivity index is 0.000000151. The molecule has 8 amide bonds. The Kier molecular flexibility index (Phi) is 30.0. The summed E-state index contributed by atoms with van der Waals surface area (Å²) in [5, 5.41) is 48.7. The zero-order valence-electron chi connectivity index (χ0n) is 65.0. The Morgan fingerprint density at radius 3 is 0.782 bits per heavy atom. The molecule has 8 aromatic carbocycles. The summed E-state index contributed by atoms with van der Waals surface area (Å²) in [7, 11) is 0. The van der Waals surface area contributed by atoms with Crippen LogP contribution < -0.4 is 42.5 Å². The quantitative estimate of drug-likeness (QED) is 0.0192. The van der Waals surface area contributed by atoms with E-state index in [1.807, 2.05) is 28.9 Å². The number of benzene rings is 8. The molecule has 626 valence electrons. The van der Waals surface area contributed by atoms with Crippen LogP contribution in [0.5, 0.6) is 0 Å². The van der Waals surface area contributed by atoms with Gasteiger partial charge in [-0.05, 0) is 189 Å². The molecule has 0 spiro atoms. The molecule has 0 radical (unpaired) electrons. The highest BCUT2D eigenvalue weighted by Crippen LogP contribution is 2.31. The van der Waals surface area contributed by atoms with Crippen molar-refractivity contribution in [1.82, 2.24) is 34.6 Å². The van der Waals surface area contributed by atoms with Crippen molar-refractivity contribution in [3.8, 4) is 0 Å². The minimum atomic E-state index is -0.767. The normalized spacial score (nSPS) is 11.9. The fourth-order valence-corrected chi connectivity index (χ4v) is 12.6. The number of rotatable bonds is 20. The number of allylic oxidation sites excluding steroid dienone is 1. The maximum absolute atomic E-state index is 14.6. The topological polar surface area (TPSA) is 365 Å². The van der Waals surface area contributed by atoms with E-state index in [9.17, 15) is 42.7 Å². The van der Waals surface area contributed by atoms with Crippen molar-refractivity contribution >= 4 is 209 Å². The molecular formula is C89H69Cl8FN18O8. The Bertz CT molecular complexity index is 6130. The van der Waals surface area contributed by atoms with Crippen LogP contribution in [-0.2, 0) is 0 Å². The van der Waals surface area contributed by atoms with Gasteiger partial charge >= 0.3 is 0 Å². The van der Waals surface area contributed by atoms with Crippen LogP contribution in [0.4, 0.5) is 50.4 Å². The summed E-state index contributed by atoms with van der Waals surface area (Å²) in [4.78, 5) is 124. The van der Waals surface area contributed by atoms with Crippen LogP contribution in [-0.4, -0.2) is 139 Å². The zero-order chi connectivity index (χ0) is 88.4. The van der Waals surface area contributed by atoms with E-state index in [0.717, 1.165) is 74.0 Å². The van der Waals surface area contributed by atoms with E-state index in [4.69, 9.17) is 109 Å². The van der Waals surface area contributed by atoms with E-state index in [1.54, 1.807) is 144 Å². The molecule has 3 aliphatic rings. The van der Waals surface area contributed by atoms with E-state index >= 15 is 0 Å². The molecule has 0 unspecified atom stereocenters. The van der Waals surface area contributed by atoms with Gasteiger partial charge in [-0.2, -0.15) is 0 Å². The number of amides is 8. The van der Waals surface area contributed by atoms with Gasteiger partial charge in [0.1, 0.15) is 46.6 Å². The van der Waals surface area contributed by atoms with Crippen molar-refractivity contribution in [1.29, 1.82) is 16.2 Å². The molecular weight excluding hydrogens is 1750 g/mol. The largest absolute Gasteiger partial charge is 0.356 e. The van der Waals surface area contributed by atoms with Gasteiger partial charge in [-0.1, -0.05) is 147 Å². The monoisotopic (exact) mass is 1820 g/mol. The molecule has 0 bridgehead atoms. The molecule has 0 atom stereocenters. The van der Waals surface area contributed by atoms with Crippen molar-refractivity contribution in [2.75, 3.05) is 81.8 Å². The van der Waals surface area contributed by atoms with Crippen molar-refractivity contribution in [2.45, 2.75) is 13.3 Å². The number of carbonyl (C=O) groups excluding carboxylic acids is 8. The average molecular weight is 1820 g/mol. The van der Waals surface area contributed by atoms with Crippen LogP contribution >= 0.6 is 92.8 Å². The predicted octanol–water partition coefficient (Wildman–Crippen LogP) is 20.1. The highest BCUT2D eigenvalue weighted by Gasteiger charge is 2.27. The number of anilines is 8. The van der Waals surface area contributed by atoms with E-state index in [-0.39, 0.29) is 67.9 Å². The first-order chi connectivity index (χ1) is 59.4. The summed E-state index contributed by atoms with van der Waals surface area (Å²) in [6, 6.07) is 55.5. The summed E-state index contributed by atoms with van der Waals surface area (Å²) >= 11 is 47.5. The molecule has 3 saturated heterocycles. The molecule has 0 aliphatic carbocycles. The number of hydrogen-bond acceptors (Lipinski definition) is 15. The Morgan fingerprint density at radius 1 is 0.290 bits per heavy atom. The maximum Gasteiger partial charge on any atom is 0.258 e. The second-order valence-corrected chi connectivity index (χ2v) is 30.9. The van der Waals surface area contributed by atoms with Crippen LogP contribution in [0, 0.1) is 22.0 Å². The lowest BCUT2D eigenvalue weighted by Gasteiger charge is -2.33. The number of nitrogens with one attached hydrogen (secondary N) is 11. The van der Waals surface area contributed by atoms with Gasteiger partial charge in [-0.25, -0.2) is 24.3 Å². The van der Waals surface area contributed by atoms with Crippen LogP contribution in [0.25, 0.3) is 5.57 Å². The van der Waals surface area contributed by atoms with E-state index in [0.29, 0.717) is 104 Å². The van der Waals surface area contributed by atoms with Crippen LogP contribution in [0.15, 0.2) is 244 Å². The zero-order valence-corrected chi connectivity index (χ0v) is 71.0. The van der Waals surface area contributed by atoms with Gasteiger partial charge in [0, 0.05) is 118 Å². The second-order valence-electron chi connectivity index (χ2n) is 27.4. The number of likely N-dealkylation sites (tertiary alicyclic amines) is 1. The van der Waals surface area contributed by atoms with Gasteiger partial charge in [0.05, 0.1) is 70.7 Å². The molecule has 3 aliphatic heterocycles. The van der Waals surface area contributed by atoms with Gasteiger partial charge in [-0.15, -0.1) is 0 Å².